The molecule has 1 fully saturated rings. The van der Waals surface area contributed by atoms with Gasteiger partial charge in [-0.1, -0.05) is 6.07 Å². The van der Waals surface area contributed by atoms with E-state index in [1.165, 1.54) is 0 Å². The second kappa shape index (κ2) is 6.00. The first-order valence-corrected chi connectivity index (χ1v) is 7.92. The van der Waals surface area contributed by atoms with Crippen LogP contribution in [-0.2, 0) is 17.8 Å². The fourth-order valence-corrected chi connectivity index (χ4v) is 3.12. The number of H-pyrrole nitrogens is 1. The summed E-state index contributed by atoms with van der Waals surface area (Å²) in [5.41, 5.74) is 2.48. The van der Waals surface area contributed by atoms with E-state index in [4.69, 9.17) is 4.74 Å². The van der Waals surface area contributed by atoms with Gasteiger partial charge in [-0.25, -0.2) is 4.98 Å². The first kappa shape index (κ1) is 14.2. The van der Waals surface area contributed by atoms with Gasteiger partial charge in [-0.3, -0.25) is 9.89 Å². The molecule has 0 bridgehead atoms. The van der Waals surface area contributed by atoms with Gasteiger partial charge in [0.2, 0.25) is 0 Å². The van der Waals surface area contributed by atoms with E-state index in [-0.39, 0.29) is 5.91 Å². The molecule has 7 heteroatoms. The van der Waals surface area contributed by atoms with E-state index in [1.54, 1.807) is 6.20 Å². The monoisotopic (exact) mass is 313 g/mol. The Hall–Kier alpha value is -2.41. The summed E-state index contributed by atoms with van der Waals surface area (Å²) in [5.74, 6) is 0.957. The molecule has 0 atom stereocenters. The SMILES string of the molecule is O=C(c1n[nH]c2c1COCC2)N1CCN(c2ccccn2)CC1. The minimum atomic E-state index is -0.00586. The zero-order valence-corrected chi connectivity index (χ0v) is 12.9. The van der Waals surface area contributed by atoms with Gasteiger partial charge in [0.15, 0.2) is 5.69 Å². The summed E-state index contributed by atoms with van der Waals surface area (Å²) in [7, 11) is 0. The van der Waals surface area contributed by atoms with Gasteiger partial charge >= 0.3 is 0 Å². The molecule has 0 radical (unpaired) electrons. The van der Waals surface area contributed by atoms with E-state index in [1.807, 2.05) is 23.1 Å². The zero-order chi connectivity index (χ0) is 15.6. The Morgan fingerprint density at radius 3 is 2.87 bits per heavy atom. The van der Waals surface area contributed by atoms with Gasteiger partial charge in [0.05, 0.1) is 13.2 Å². The summed E-state index contributed by atoms with van der Waals surface area (Å²) < 4.78 is 5.46. The molecule has 120 valence electrons. The number of carbonyl (C=O) groups is 1. The number of carbonyl (C=O) groups excluding carboxylic acids is 1. The number of aromatic amines is 1. The molecule has 1 N–H and O–H groups in total. The van der Waals surface area contributed by atoms with Crippen LogP contribution in [0.5, 0.6) is 0 Å². The molecule has 7 nitrogen and oxygen atoms in total. The number of ether oxygens (including phenoxy) is 1. The largest absolute Gasteiger partial charge is 0.376 e. The number of aromatic nitrogens is 3. The fourth-order valence-electron chi connectivity index (χ4n) is 3.12. The molecule has 1 saturated heterocycles. The van der Waals surface area contributed by atoms with Crippen molar-refractivity contribution in [1.82, 2.24) is 20.1 Å². The maximum Gasteiger partial charge on any atom is 0.274 e. The number of piperazine rings is 1. The van der Waals surface area contributed by atoms with Gasteiger partial charge in [-0.2, -0.15) is 5.10 Å². The summed E-state index contributed by atoms with van der Waals surface area (Å²) in [5, 5.41) is 7.21. The van der Waals surface area contributed by atoms with Gasteiger partial charge in [0, 0.05) is 50.1 Å². The summed E-state index contributed by atoms with van der Waals surface area (Å²) in [6.45, 7) is 4.08. The smallest absolute Gasteiger partial charge is 0.274 e. The predicted molar refractivity (Wildman–Crippen MR) is 84.3 cm³/mol. The van der Waals surface area contributed by atoms with Crippen molar-refractivity contribution in [2.45, 2.75) is 13.0 Å². The highest BCUT2D eigenvalue weighted by Crippen LogP contribution is 2.20. The van der Waals surface area contributed by atoms with E-state index in [9.17, 15) is 4.79 Å². The first-order chi connectivity index (χ1) is 11.3. The lowest BCUT2D eigenvalue weighted by molar-refractivity contribution is 0.0727. The van der Waals surface area contributed by atoms with Crippen molar-refractivity contribution in [3.63, 3.8) is 0 Å². The Balaban J connectivity index is 1.44. The predicted octanol–water partition coefficient (Wildman–Crippen LogP) is 0.840. The van der Waals surface area contributed by atoms with Crippen LogP contribution in [0.1, 0.15) is 21.7 Å². The molecule has 2 aliphatic heterocycles. The molecular weight excluding hydrogens is 294 g/mol. The van der Waals surface area contributed by atoms with Gasteiger partial charge in [0.25, 0.3) is 5.91 Å². The van der Waals surface area contributed by atoms with E-state index < -0.39 is 0 Å². The second-order valence-corrected chi connectivity index (χ2v) is 5.80. The van der Waals surface area contributed by atoms with E-state index in [2.05, 4.69) is 20.1 Å². The molecule has 0 aromatic carbocycles. The number of nitrogens with zero attached hydrogens (tertiary/aromatic N) is 4. The lowest BCUT2D eigenvalue weighted by Crippen LogP contribution is -2.49. The highest BCUT2D eigenvalue weighted by Gasteiger charge is 2.28. The summed E-state index contributed by atoms with van der Waals surface area (Å²) in [4.78, 5) is 21.2. The Morgan fingerprint density at radius 1 is 1.22 bits per heavy atom. The van der Waals surface area contributed by atoms with Gasteiger partial charge in [-0.15, -0.1) is 0 Å². The minimum Gasteiger partial charge on any atom is -0.376 e. The van der Waals surface area contributed by atoms with Crippen LogP contribution in [-0.4, -0.2) is 58.8 Å². The third-order valence-electron chi connectivity index (χ3n) is 4.44. The Kier molecular flexibility index (Phi) is 3.70. The lowest BCUT2D eigenvalue weighted by atomic mass is 10.1. The third-order valence-corrected chi connectivity index (χ3v) is 4.44. The Morgan fingerprint density at radius 2 is 2.09 bits per heavy atom. The first-order valence-electron chi connectivity index (χ1n) is 7.92. The number of fused-ring (bicyclic) bond motifs is 1. The topological polar surface area (TPSA) is 74.4 Å². The normalized spacial score (nSPS) is 17.9. The van der Waals surface area contributed by atoms with Crippen molar-refractivity contribution < 1.29 is 9.53 Å². The maximum absolute atomic E-state index is 12.7. The Bertz CT molecular complexity index is 692. The molecule has 0 unspecified atom stereocenters. The molecule has 23 heavy (non-hydrogen) atoms. The van der Waals surface area contributed by atoms with Crippen LogP contribution in [0.2, 0.25) is 0 Å². The zero-order valence-electron chi connectivity index (χ0n) is 12.9. The van der Waals surface area contributed by atoms with Crippen LogP contribution < -0.4 is 4.90 Å². The molecule has 2 aromatic heterocycles. The molecular formula is C16H19N5O2. The van der Waals surface area contributed by atoms with Crippen LogP contribution in [0, 0.1) is 0 Å². The highest BCUT2D eigenvalue weighted by atomic mass is 16.5. The van der Waals surface area contributed by atoms with Crippen molar-refractivity contribution in [3.8, 4) is 0 Å². The molecule has 0 spiro atoms. The molecule has 4 heterocycles. The number of nitrogens with one attached hydrogen (secondary N) is 1. The maximum atomic E-state index is 12.7. The van der Waals surface area contributed by atoms with Crippen molar-refractivity contribution in [3.05, 3.63) is 41.3 Å². The lowest BCUT2D eigenvalue weighted by Gasteiger charge is -2.35. The molecule has 2 aromatic rings. The second-order valence-electron chi connectivity index (χ2n) is 5.80. The Labute approximate surface area is 134 Å². The van der Waals surface area contributed by atoms with Gasteiger partial charge in [0.1, 0.15) is 5.82 Å². The number of hydrogen-bond donors (Lipinski definition) is 1. The quantitative estimate of drug-likeness (QED) is 0.889. The number of rotatable bonds is 2. The average molecular weight is 313 g/mol. The molecule has 0 aliphatic carbocycles. The third kappa shape index (κ3) is 2.68. The van der Waals surface area contributed by atoms with Crippen molar-refractivity contribution in [2.24, 2.45) is 0 Å². The van der Waals surface area contributed by atoms with Gasteiger partial charge < -0.3 is 14.5 Å². The van der Waals surface area contributed by atoms with Gasteiger partial charge in [-0.05, 0) is 12.1 Å². The fraction of sp³-hybridized carbons (Fsp3) is 0.438. The summed E-state index contributed by atoms with van der Waals surface area (Å²) in [6.07, 6.45) is 2.59. The molecule has 2 aliphatic rings. The van der Waals surface area contributed by atoms with Crippen LogP contribution in [0.15, 0.2) is 24.4 Å². The standard InChI is InChI=1S/C16H19N5O2/c22-16(15-12-11-23-10-4-13(12)18-19-15)21-8-6-20(7-9-21)14-3-1-2-5-17-14/h1-3,5H,4,6-11H2,(H,18,19). The van der Waals surface area contributed by atoms with Crippen molar-refractivity contribution >= 4 is 11.7 Å². The number of pyridine rings is 1. The van der Waals surface area contributed by atoms with Crippen LogP contribution in [0.4, 0.5) is 5.82 Å². The highest BCUT2D eigenvalue weighted by molar-refractivity contribution is 5.94. The number of amides is 1. The number of hydrogen-bond acceptors (Lipinski definition) is 5. The summed E-state index contributed by atoms with van der Waals surface area (Å²) >= 11 is 0. The van der Waals surface area contributed by atoms with Crippen LogP contribution in [0.3, 0.4) is 0 Å². The number of anilines is 1. The minimum absolute atomic E-state index is 0.00586. The van der Waals surface area contributed by atoms with Crippen molar-refractivity contribution in [1.29, 1.82) is 0 Å². The van der Waals surface area contributed by atoms with Crippen LogP contribution in [0.25, 0.3) is 0 Å². The van der Waals surface area contributed by atoms with E-state index in [0.717, 1.165) is 36.6 Å². The van der Waals surface area contributed by atoms with E-state index >= 15 is 0 Å². The summed E-state index contributed by atoms with van der Waals surface area (Å²) in [6, 6.07) is 5.89. The molecule has 0 saturated carbocycles. The van der Waals surface area contributed by atoms with Crippen LogP contribution >= 0.6 is 0 Å². The average Bonchev–Trinajstić information content (AvgIpc) is 3.06. The molecule has 1 amide bonds. The van der Waals surface area contributed by atoms with Crippen molar-refractivity contribution in [2.75, 3.05) is 37.7 Å². The molecule has 4 rings (SSSR count). The van der Waals surface area contributed by atoms with E-state index in [0.29, 0.717) is 32.0 Å².